The molecule has 3 N–H and O–H groups in total. The molecule has 5 heteroatoms. The number of carbonyl (C=O) groups excluding carboxylic acids is 1. The molecule has 0 aliphatic heterocycles. The van der Waals surface area contributed by atoms with E-state index >= 15 is 0 Å². The molecule has 24 heavy (non-hydrogen) atoms. The molecular weight excluding hydrogens is 304 g/mol. The molecule has 124 valence electrons. The molecule has 0 radical (unpaired) electrons. The van der Waals surface area contributed by atoms with Crippen LogP contribution in [0.3, 0.4) is 0 Å². The third kappa shape index (κ3) is 3.58. The quantitative estimate of drug-likeness (QED) is 0.652. The number of aromatic amines is 1. The zero-order chi connectivity index (χ0) is 16.9. The maximum Gasteiger partial charge on any atom is 0.224 e. The highest BCUT2D eigenvalue weighted by Crippen LogP contribution is 2.19. The van der Waals surface area contributed by atoms with Crippen molar-refractivity contribution < 1.29 is 14.6 Å². The highest BCUT2D eigenvalue weighted by Gasteiger charge is 2.12. The van der Waals surface area contributed by atoms with Crippen LogP contribution in [0.1, 0.15) is 17.2 Å². The Hall–Kier alpha value is -2.79. The van der Waals surface area contributed by atoms with Gasteiger partial charge in [0.1, 0.15) is 5.75 Å². The summed E-state index contributed by atoms with van der Waals surface area (Å²) in [7, 11) is 1.58. The Bertz CT molecular complexity index is 841. The maximum absolute atomic E-state index is 12.2. The predicted octanol–water partition coefficient (Wildman–Crippen LogP) is 2.57. The van der Waals surface area contributed by atoms with Crippen LogP contribution in [-0.2, 0) is 11.2 Å². The van der Waals surface area contributed by atoms with Crippen molar-refractivity contribution in [3.63, 3.8) is 0 Å². The molecule has 1 heterocycles. The van der Waals surface area contributed by atoms with Crippen molar-refractivity contribution in [3.05, 3.63) is 65.9 Å². The lowest BCUT2D eigenvalue weighted by molar-refractivity contribution is -0.120. The Morgan fingerprint density at radius 1 is 1.25 bits per heavy atom. The second-order valence-electron chi connectivity index (χ2n) is 5.63. The minimum absolute atomic E-state index is 0.123. The molecule has 2 aromatic carbocycles. The fraction of sp³-hybridized carbons (Fsp3) is 0.211. The Kier molecular flexibility index (Phi) is 4.82. The number of aromatic nitrogens is 1. The van der Waals surface area contributed by atoms with Crippen molar-refractivity contribution in [2.24, 2.45) is 0 Å². The van der Waals surface area contributed by atoms with E-state index in [1.54, 1.807) is 19.2 Å². The summed E-state index contributed by atoms with van der Waals surface area (Å²) in [6.45, 7) is 0.161. The van der Waals surface area contributed by atoms with Gasteiger partial charge in [0.25, 0.3) is 0 Å². The van der Waals surface area contributed by atoms with Crippen molar-refractivity contribution in [1.29, 1.82) is 0 Å². The predicted molar refractivity (Wildman–Crippen MR) is 93.0 cm³/mol. The van der Waals surface area contributed by atoms with E-state index in [1.807, 2.05) is 42.6 Å². The van der Waals surface area contributed by atoms with Gasteiger partial charge >= 0.3 is 0 Å². The number of H-pyrrole nitrogens is 1. The normalized spacial score (nSPS) is 12.1. The first kappa shape index (κ1) is 16.1. The lowest BCUT2D eigenvalue weighted by Crippen LogP contribution is -2.29. The molecule has 1 amide bonds. The van der Waals surface area contributed by atoms with Gasteiger partial charge in [-0.3, -0.25) is 4.79 Å². The van der Waals surface area contributed by atoms with Gasteiger partial charge in [-0.25, -0.2) is 0 Å². The summed E-state index contributed by atoms with van der Waals surface area (Å²) in [5.41, 5.74) is 2.66. The number of aliphatic hydroxyl groups is 1. The molecule has 0 aliphatic carbocycles. The summed E-state index contributed by atoms with van der Waals surface area (Å²) in [5.74, 6) is 0.554. The molecule has 0 saturated heterocycles. The number of hydrogen-bond donors (Lipinski definition) is 3. The second-order valence-corrected chi connectivity index (χ2v) is 5.63. The zero-order valence-electron chi connectivity index (χ0n) is 13.5. The second kappa shape index (κ2) is 7.19. The van der Waals surface area contributed by atoms with Gasteiger partial charge < -0.3 is 20.1 Å². The summed E-state index contributed by atoms with van der Waals surface area (Å²) in [6, 6.07) is 15.0. The number of aliphatic hydroxyl groups excluding tert-OH is 1. The van der Waals surface area contributed by atoms with Crippen molar-refractivity contribution >= 4 is 16.8 Å². The number of methoxy groups -OCH3 is 1. The molecular formula is C19H20N2O3. The van der Waals surface area contributed by atoms with Crippen LogP contribution in [0.5, 0.6) is 5.75 Å². The number of benzene rings is 2. The number of nitrogens with one attached hydrogen (secondary N) is 2. The standard InChI is InChI=1S/C19H20N2O3/c1-24-15-6-4-5-13(9-15)18(22)12-21-19(23)10-14-11-20-17-8-3-2-7-16(14)17/h2-9,11,18,20,22H,10,12H2,1H3,(H,21,23). The van der Waals surface area contributed by atoms with E-state index in [2.05, 4.69) is 10.3 Å². The largest absolute Gasteiger partial charge is 0.497 e. The Labute approximate surface area is 140 Å². The fourth-order valence-corrected chi connectivity index (χ4v) is 2.69. The molecule has 1 atom stereocenters. The lowest BCUT2D eigenvalue weighted by atomic mass is 10.1. The van der Waals surface area contributed by atoms with E-state index < -0.39 is 6.10 Å². The SMILES string of the molecule is COc1cccc(C(O)CNC(=O)Cc2c[nH]c3ccccc23)c1. The molecule has 0 fully saturated rings. The van der Waals surface area contributed by atoms with Gasteiger partial charge in [0.2, 0.25) is 5.91 Å². The van der Waals surface area contributed by atoms with Gasteiger partial charge in [-0.2, -0.15) is 0 Å². The molecule has 0 saturated carbocycles. The number of fused-ring (bicyclic) bond motifs is 1. The van der Waals surface area contributed by atoms with Gasteiger partial charge in [-0.1, -0.05) is 30.3 Å². The number of ether oxygens (including phenoxy) is 1. The molecule has 5 nitrogen and oxygen atoms in total. The average molecular weight is 324 g/mol. The first-order valence-corrected chi connectivity index (χ1v) is 7.81. The van der Waals surface area contributed by atoms with Crippen LogP contribution >= 0.6 is 0 Å². The summed E-state index contributed by atoms with van der Waals surface area (Å²) in [5, 5.41) is 14.0. The van der Waals surface area contributed by atoms with E-state index in [-0.39, 0.29) is 18.9 Å². The summed E-state index contributed by atoms with van der Waals surface area (Å²) < 4.78 is 5.14. The third-order valence-electron chi connectivity index (χ3n) is 4.00. The fourth-order valence-electron chi connectivity index (χ4n) is 2.69. The van der Waals surface area contributed by atoms with Gasteiger partial charge in [0.15, 0.2) is 0 Å². The average Bonchev–Trinajstić information content (AvgIpc) is 3.03. The number of amides is 1. The van der Waals surface area contributed by atoms with Gasteiger partial charge in [0.05, 0.1) is 19.6 Å². The molecule has 1 unspecified atom stereocenters. The van der Waals surface area contributed by atoms with Crippen LogP contribution in [0.25, 0.3) is 10.9 Å². The number of rotatable bonds is 6. The topological polar surface area (TPSA) is 74.3 Å². The Morgan fingerprint density at radius 3 is 2.92 bits per heavy atom. The molecule has 3 aromatic rings. The van der Waals surface area contributed by atoms with Crippen LogP contribution in [0, 0.1) is 0 Å². The molecule has 0 aliphatic rings. The molecule has 1 aromatic heterocycles. The highest BCUT2D eigenvalue weighted by atomic mass is 16.5. The lowest BCUT2D eigenvalue weighted by Gasteiger charge is -2.13. The van der Waals surface area contributed by atoms with Crippen LogP contribution < -0.4 is 10.1 Å². The van der Waals surface area contributed by atoms with E-state index in [0.717, 1.165) is 16.5 Å². The van der Waals surface area contributed by atoms with Crippen molar-refractivity contribution in [3.8, 4) is 5.75 Å². The summed E-state index contributed by atoms with van der Waals surface area (Å²) in [4.78, 5) is 15.3. The van der Waals surface area contributed by atoms with Crippen LogP contribution in [0.2, 0.25) is 0 Å². The first-order chi connectivity index (χ1) is 11.7. The van der Waals surface area contributed by atoms with Crippen LogP contribution in [0.15, 0.2) is 54.7 Å². The van der Waals surface area contributed by atoms with Crippen LogP contribution in [0.4, 0.5) is 0 Å². The third-order valence-corrected chi connectivity index (χ3v) is 4.00. The van der Waals surface area contributed by atoms with E-state index in [9.17, 15) is 9.90 Å². The van der Waals surface area contributed by atoms with Crippen molar-refractivity contribution in [1.82, 2.24) is 10.3 Å². The van der Waals surface area contributed by atoms with Crippen LogP contribution in [-0.4, -0.2) is 29.7 Å². The van der Waals surface area contributed by atoms with Gasteiger partial charge in [0, 0.05) is 23.6 Å². The maximum atomic E-state index is 12.2. The van der Waals surface area contributed by atoms with Gasteiger partial charge in [-0.05, 0) is 29.3 Å². The van der Waals surface area contributed by atoms with Crippen molar-refractivity contribution in [2.75, 3.05) is 13.7 Å². The Balaban J connectivity index is 1.59. The summed E-state index contributed by atoms with van der Waals surface area (Å²) >= 11 is 0. The smallest absolute Gasteiger partial charge is 0.224 e. The van der Waals surface area contributed by atoms with E-state index in [1.165, 1.54) is 0 Å². The Morgan fingerprint density at radius 2 is 2.08 bits per heavy atom. The van der Waals surface area contributed by atoms with Crippen molar-refractivity contribution in [2.45, 2.75) is 12.5 Å². The number of para-hydroxylation sites is 1. The molecule has 0 bridgehead atoms. The minimum Gasteiger partial charge on any atom is -0.497 e. The van der Waals surface area contributed by atoms with E-state index in [4.69, 9.17) is 4.74 Å². The molecule has 0 spiro atoms. The minimum atomic E-state index is -0.771. The number of carbonyl (C=O) groups is 1. The zero-order valence-corrected chi connectivity index (χ0v) is 13.5. The first-order valence-electron chi connectivity index (χ1n) is 7.81. The van der Waals surface area contributed by atoms with E-state index in [0.29, 0.717) is 11.3 Å². The monoisotopic (exact) mass is 324 g/mol. The van der Waals surface area contributed by atoms with Gasteiger partial charge in [-0.15, -0.1) is 0 Å². The number of hydrogen-bond acceptors (Lipinski definition) is 3. The molecule has 3 rings (SSSR count). The summed E-state index contributed by atoms with van der Waals surface area (Å²) in [6.07, 6.45) is 1.35. The highest BCUT2D eigenvalue weighted by molar-refractivity contribution is 5.88.